The van der Waals surface area contributed by atoms with E-state index in [-0.39, 0.29) is 11.6 Å². The minimum Gasteiger partial charge on any atom is -0.370 e. The van der Waals surface area contributed by atoms with Crippen molar-refractivity contribution in [3.8, 4) is 5.82 Å². The number of halogens is 3. The molecule has 0 amide bonds. The van der Waals surface area contributed by atoms with Gasteiger partial charge in [-0.1, -0.05) is 0 Å². The number of nitrogens with zero attached hydrogens (tertiary/aromatic N) is 3. The van der Waals surface area contributed by atoms with E-state index < -0.39 is 11.7 Å². The molecule has 0 saturated carbocycles. The highest BCUT2D eigenvalue weighted by Gasteiger charge is 2.31. The topological polar surface area (TPSA) is 42.7 Å². The monoisotopic (exact) mass is 270 g/mol. The minimum absolute atomic E-state index is 0.138. The van der Waals surface area contributed by atoms with E-state index in [0.717, 1.165) is 12.1 Å². The third-order valence-corrected chi connectivity index (χ3v) is 2.45. The Balaban J connectivity index is 2.51. The second-order valence-corrected chi connectivity index (χ2v) is 4.03. The quantitative estimate of drug-likeness (QED) is 0.932. The van der Waals surface area contributed by atoms with Crippen LogP contribution < -0.4 is 5.32 Å². The van der Waals surface area contributed by atoms with Gasteiger partial charge in [-0.05, 0) is 32.0 Å². The second-order valence-electron chi connectivity index (χ2n) is 4.03. The Morgan fingerprint density at radius 3 is 2.58 bits per heavy atom. The molecule has 0 bridgehead atoms. The number of pyridine rings is 1. The maximum absolute atomic E-state index is 12.8. The molecule has 19 heavy (non-hydrogen) atoms. The molecule has 102 valence electrons. The zero-order valence-electron chi connectivity index (χ0n) is 10.5. The van der Waals surface area contributed by atoms with Gasteiger partial charge in [-0.25, -0.2) is 9.67 Å². The molecule has 0 atom stereocenters. The molecule has 0 aliphatic carbocycles. The van der Waals surface area contributed by atoms with Crippen LogP contribution in [0.3, 0.4) is 0 Å². The van der Waals surface area contributed by atoms with Crippen LogP contribution in [0.1, 0.15) is 18.2 Å². The number of hydrogen-bond donors (Lipinski definition) is 1. The maximum Gasteiger partial charge on any atom is 0.416 e. The number of nitrogens with one attached hydrogen (secondary N) is 1. The third kappa shape index (κ3) is 3.04. The molecule has 2 aromatic heterocycles. The summed E-state index contributed by atoms with van der Waals surface area (Å²) in [6.07, 6.45) is -2.84. The molecule has 0 radical (unpaired) electrons. The highest BCUT2D eigenvalue weighted by atomic mass is 19.4. The van der Waals surface area contributed by atoms with E-state index in [9.17, 15) is 13.2 Å². The third-order valence-electron chi connectivity index (χ3n) is 2.45. The smallest absolute Gasteiger partial charge is 0.370 e. The van der Waals surface area contributed by atoms with E-state index in [2.05, 4.69) is 15.4 Å². The van der Waals surface area contributed by atoms with E-state index in [1.807, 2.05) is 0 Å². The van der Waals surface area contributed by atoms with Crippen LogP contribution in [0.15, 0.2) is 24.4 Å². The molecule has 0 unspecified atom stereocenters. The molecule has 2 rings (SSSR count). The Bertz CT molecular complexity index is 575. The van der Waals surface area contributed by atoms with Gasteiger partial charge in [0.2, 0.25) is 0 Å². The molecule has 0 aliphatic rings. The first kappa shape index (κ1) is 13.4. The fourth-order valence-corrected chi connectivity index (χ4v) is 1.61. The van der Waals surface area contributed by atoms with Gasteiger partial charge in [0.25, 0.3) is 0 Å². The van der Waals surface area contributed by atoms with E-state index in [0.29, 0.717) is 12.2 Å². The highest BCUT2D eigenvalue weighted by molar-refractivity contribution is 5.44. The lowest BCUT2D eigenvalue weighted by molar-refractivity contribution is -0.137. The van der Waals surface area contributed by atoms with Crippen LogP contribution in [0.4, 0.5) is 19.0 Å². The fourth-order valence-electron chi connectivity index (χ4n) is 1.61. The van der Waals surface area contributed by atoms with E-state index in [1.165, 1.54) is 4.68 Å². The van der Waals surface area contributed by atoms with Gasteiger partial charge in [0, 0.05) is 12.7 Å². The first-order chi connectivity index (χ1) is 8.90. The van der Waals surface area contributed by atoms with Crippen molar-refractivity contribution in [2.75, 3.05) is 11.9 Å². The second kappa shape index (κ2) is 4.91. The van der Waals surface area contributed by atoms with Crippen molar-refractivity contribution in [2.24, 2.45) is 0 Å². The van der Waals surface area contributed by atoms with Gasteiger partial charge in [-0.3, -0.25) is 0 Å². The van der Waals surface area contributed by atoms with Gasteiger partial charge in [-0.2, -0.15) is 18.3 Å². The normalized spacial score (nSPS) is 11.6. The van der Waals surface area contributed by atoms with Crippen LogP contribution in [0.25, 0.3) is 5.82 Å². The van der Waals surface area contributed by atoms with Crippen LogP contribution in [0.2, 0.25) is 0 Å². The van der Waals surface area contributed by atoms with Gasteiger partial charge in [0.05, 0.1) is 11.3 Å². The van der Waals surface area contributed by atoms with Gasteiger partial charge in [0.15, 0.2) is 5.82 Å². The lowest BCUT2D eigenvalue weighted by Gasteiger charge is -2.12. The zero-order valence-corrected chi connectivity index (χ0v) is 10.5. The highest BCUT2D eigenvalue weighted by Crippen LogP contribution is 2.31. The number of alkyl halides is 3. The SMILES string of the molecule is CCNc1cc(C(F)(F)F)cc(-n2ccc(C)n2)n1. The molecule has 4 nitrogen and oxygen atoms in total. The standard InChI is InChI=1S/C12H13F3N4/c1-3-16-10-6-9(12(13,14)15)7-11(17-10)19-5-4-8(2)18-19/h4-7H,3H2,1-2H3,(H,16,17). The molecular weight excluding hydrogens is 257 g/mol. The summed E-state index contributed by atoms with van der Waals surface area (Å²) in [6.45, 7) is 4.04. The van der Waals surface area contributed by atoms with E-state index >= 15 is 0 Å². The van der Waals surface area contributed by atoms with Crippen LogP contribution in [-0.2, 0) is 6.18 Å². The molecule has 0 saturated heterocycles. The van der Waals surface area contributed by atoms with Crippen molar-refractivity contribution >= 4 is 5.82 Å². The number of hydrogen-bond acceptors (Lipinski definition) is 3. The summed E-state index contributed by atoms with van der Waals surface area (Å²) in [5, 5.41) is 6.85. The average Bonchev–Trinajstić information content (AvgIpc) is 2.75. The summed E-state index contributed by atoms with van der Waals surface area (Å²) in [5.41, 5.74) is -0.0363. The van der Waals surface area contributed by atoms with Crippen molar-refractivity contribution in [1.82, 2.24) is 14.8 Å². The zero-order chi connectivity index (χ0) is 14.0. The molecule has 0 aliphatic heterocycles. The Kier molecular flexibility index (Phi) is 3.46. The van der Waals surface area contributed by atoms with Gasteiger partial charge in [0.1, 0.15) is 5.82 Å². The number of aryl methyl sites for hydroxylation is 1. The first-order valence-corrected chi connectivity index (χ1v) is 5.76. The summed E-state index contributed by atoms with van der Waals surface area (Å²) in [5.74, 6) is 0.319. The molecule has 7 heteroatoms. The lowest BCUT2D eigenvalue weighted by atomic mass is 10.2. The van der Waals surface area contributed by atoms with Crippen LogP contribution in [0, 0.1) is 6.92 Å². The van der Waals surface area contributed by atoms with Crippen LogP contribution in [0.5, 0.6) is 0 Å². The summed E-state index contributed by atoms with van der Waals surface area (Å²) < 4.78 is 39.8. The molecule has 2 aromatic rings. The maximum atomic E-state index is 12.8. The summed E-state index contributed by atoms with van der Waals surface area (Å²) in [4.78, 5) is 4.11. The van der Waals surface area contributed by atoms with Gasteiger partial charge < -0.3 is 5.32 Å². The lowest BCUT2D eigenvalue weighted by Crippen LogP contribution is -2.11. The van der Waals surface area contributed by atoms with Crippen molar-refractivity contribution in [3.05, 3.63) is 35.7 Å². The largest absolute Gasteiger partial charge is 0.416 e. The van der Waals surface area contributed by atoms with E-state index in [1.54, 1.807) is 26.1 Å². The predicted molar refractivity (Wildman–Crippen MR) is 65.3 cm³/mol. The Hall–Kier alpha value is -2.05. The summed E-state index contributed by atoms with van der Waals surface area (Å²) in [7, 11) is 0. The minimum atomic E-state index is -4.41. The van der Waals surface area contributed by atoms with Crippen LogP contribution >= 0.6 is 0 Å². The predicted octanol–water partition coefficient (Wildman–Crippen LogP) is 3.03. The van der Waals surface area contributed by atoms with Crippen molar-refractivity contribution < 1.29 is 13.2 Å². The number of anilines is 1. The molecule has 2 heterocycles. The van der Waals surface area contributed by atoms with E-state index in [4.69, 9.17) is 0 Å². The summed E-state index contributed by atoms with van der Waals surface area (Å²) in [6, 6.07) is 3.67. The Morgan fingerprint density at radius 1 is 1.32 bits per heavy atom. The fraction of sp³-hybridized carbons (Fsp3) is 0.333. The Labute approximate surface area is 108 Å². The molecular formula is C12H13F3N4. The van der Waals surface area contributed by atoms with Crippen LogP contribution in [-0.4, -0.2) is 21.3 Å². The Morgan fingerprint density at radius 2 is 2.05 bits per heavy atom. The van der Waals surface area contributed by atoms with Gasteiger partial charge >= 0.3 is 6.18 Å². The molecule has 1 N–H and O–H groups in total. The number of aromatic nitrogens is 3. The summed E-state index contributed by atoms with van der Waals surface area (Å²) >= 11 is 0. The number of rotatable bonds is 3. The van der Waals surface area contributed by atoms with Crippen molar-refractivity contribution in [3.63, 3.8) is 0 Å². The van der Waals surface area contributed by atoms with Crippen molar-refractivity contribution in [2.45, 2.75) is 20.0 Å². The molecule has 0 fully saturated rings. The molecule has 0 spiro atoms. The average molecular weight is 270 g/mol. The van der Waals surface area contributed by atoms with Crippen molar-refractivity contribution in [1.29, 1.82) is 0 Å². The van der Waals surface area contributed by atoms with Gasteiger partial charge in [-0.15, -0.1) is 0 Å². The first-order valence-electron chi connectivity index (χ1n) is 5.76. The molecule has 0 aromatic carbocycles.